The Morgan fingerprint density at radius 2 is 1.75 bits per heavy atom. The van der Waals surface area contributed by atoms with Gasteiger partial charge in [-0.1, -0.05) is 52.8 Å². The smallest absolute Gasteiger partial charge is 0.0636 e. The van der Waals surface area contributed by atoms with E-state index in [4.69, 9.17) is 11.6 Å². The minimum Gasteiger partial charge on any atom is -0.117 e. The predicted molar refractivity (Wildman–Crippen MR) is 73.2 cm³/mol. The van der Waals surface area contributed by atoms with Crippen LogP contribution >= 0.6 is 11.6 Å². The maximum Gasteiger partial charge on any atom is 0.0636 e. The Morgan fingerprint density at radius 1 is 1.12 bits per heavy atom. The molecule has 1 atom stereocenters. The minimum atomic E-state index is 0.0916. The van der Waals surface area contributed by atoms with Gasteiger partial charge in [0.2, 0.25) is 0 Å². The fraction of sp³-hybridized carbons (Fsp3) is 0.600. The minimum absolute atomic E-state index is 0.0916. The zero-order valence-electron chi connectivity index (χ0n) is 11.1. The SMILES string of the molecule is CCc1ccc(CC)c(C(Cl)C(C)(C)C)c1. The van der Waals surface area contributed by atoms with Crippen molar-refractivity contribution in [2.45, 2.75) is 52.8 Å². The quantitative estimate of drug-likeness (QED) is 0.640. The van der Waals surface area contributed by atoms with Gasteiger partial charge in [-0.05, 0) is 34.9 Å². The molecule has 1 rings (SSSR count). The first-order valence-electron chi connectivity index (χ1n) is 6.15. The van der Waals surface area contributed by atoms with E-state index >= 15 is 0 Å². The van der Waals surface area contributed by atoms with Crippen LogP contribution in [-0.2, 0) is 12.8 Å². The van der Waals surface area contributed by atoms with Gasteiger partial charge in [-0.25, -0.2) is 0 Å². The normalized spacial score (nSPS) is 13.9. The number of rotatable bonds is 3. The molecule has 90 valence electrons. The number of halogens is 1. The fourth-order valence-electron chi connectivity index (χ4n) is 1.89. The lowest BCUT2D eigenvalue weighted by Gasteiger charge is -2.27. The van der Waals surface area contributed by atoms with E-state index in [0.29, 0.717) is 0 Å². The van der Waals surface area contributed by atoms with Crippen LogP contribution in [-0.4, -0.2) is 0 Å². The molecule has 0 aliphatic rings. The molecular weight excluding hydrogens is 216 g/mol. The topological polar surface area (TPSA) is 0 Å². The Labute approximate surface area is 105 Å². The summed E-state index contributed by atoms with van der Waals surface area (Å²) in [6, 6.07) is 6.73. The third-order valence-electron chi connectivity index (χ3n) is 3.03. The zero-order chi connectivity index (χ0) is 12.3. The molecule has 1 unspecified atom stereocenters. The van der Waals surface area contributed by atoms with Crippen LogP contribution in [0.3, 0.4) is 0 Å². The molecule has 0 N–H and O–H groups in total. The van der Waals surface area contributed by atoms with E-state index in [-0.39, 0.29) is 10.8 Å². The average Bonchev–Trinajstić information content (AvgIpc) is 2.25. The highest BCUT2D eigenvalue weighted by Gasteiger charge is 2.25. The number of hydrogen-bond donors (Lipinski definition) is 0. The van der Waals surface area contributed by atoms with Crippen LogP contribution in [0.1, 0.15) is 56.7 Å². The molecule has 0 aliphatic heterocycles. The van der Waals surface area contributed by atoms with Crippen molar-refractivity contribution in [1.82, 2.24) is 0 Å². The molecule has 1 aromatic rings. The number of aryl methyl sites for hydroxylation is 2. The number of benzene rings is 1. The van der Waals surface area contributed by atoms with Gasteiger partial charge in [0.05, 0.1) is 5.38 Å². The summed E-state index contributed by atoms with van der Waals surface area (Å²) >= 11 is 6.60. The van der Waals surface area contributed by atoms with Crippen molar-refractivity contribution in [2.75, 3.05) is 0 Å². The van der Waals surface area contributed by atoms with Crippen molar-refractivity contribution in [3.8, 4) is 0 Å². The van der Waals surface area contributed by atoms with Crippen molar-refractivity contribution in [3.63, 3.8) is 0 Å². The summed E-state index contributed by atoms with van der Waals surface area (Å²) in [6.07, 6.45) is 2.13. The number of hydrogen-bond acceptors (Lipinski definition) is 0. The summed E-state index contributed by atoms with van der Waals surface area (Å²) in [5.74, 6) is 0. The van der Waals surface area contributed by atoms with Crippen LogP contribution in [0.2, 0.25) is 0 Å². The van der Waals surface area contributed by atoms with Crippen LogP contribution in [0.5, 0.6) is 0 Å². The third kappa shape index (κ3) is 3.01. The van der Waals surface area contributed by atoms with Crippen LogP contribution in [0.4, 0.5) is 0 Å². The van der Waals surface area contributed by atoms with E-state index in [1.54, 1.807) is 0 Å². The second kappa shape index (κ2) is 5.23. The first kappa shape index (κ1) is 13.6. The monoisotopic (exact) mass is 238 g/mol. The molecule has 0 nitrogen and oxygen atoms in total. The first-order chi connectivity index (χ1) is 7.40. The largest absolute Gasteiger partial charge is 0.117 e. The van der Waals surface area contributed by atoms with E-state index < -0.39 is 0 Å². The van der Waals surface area contributed by atoms with Gasteiger partial charge in [-0.15, -0.1) is 11.6 Å². The molecule has 1 aromatic carbocycles. The summed E-state index contributed by atoms with van der Waals surface area (Å²) < 4.78 is 0. The van der Waals surface area contributed by atoms with E-state index in [9.17, 15) is 0 Å². The van der Waals surface area contributed by atoms with Crippen LogP contribution in [0, 0.1) is 5.41 Å². The molecular formula is C15H23Cl. The maximum atomic E-state index is 6.60. The highest BCUT2D eigenvalue weighted by atomic mass is 35.5. The summed E-state index contributed by atoms with van der Waals surface area (Å²) in [5.41, 5.74) is 4.18. The molecule has 0 saturated carbocycles. The molecule has 1 heteroatoms. The Hall–Kier alpha value is -0.490. The Morgan fingerprint density at radius 3 is 2.19 bits per heavy atom. The summed E-state index contributed by atoms with van der Waals surface area (Å²) in [4.78, 5) is 0. The van der Waals surface area contributed by atoms with E-state index in [1.807, 2.05) is 0 Å². The maximum absolute atomic E-state index is 6.60. The molecule has 0 bridgehead atoms. The molecule has 0 amide bonds. The predicted octanol–water partition coefficient (Wildman–Crippen LogP) is 5.14. The van der Waals surface area contributed by atoms with Gasteiger partial charge >= 0.3 is 0 Å². The second-order valence-corrected chi connectivity index (χ2v) is 5.91. The van der Waals surface area contributed by atoms with E-state index in [1.165, 1.54) is 16.7 Å². The van der Waals surface area contributed by atoms with Crippen molar-refractivity contribution in [1.29, 1.82) is 0 Å². The summed E-state index contributed by atoms with van der Waals surface area (Å²) in [5, 5.41) is 0.0916. The van der Waals surface area contributed by atoms with Gasteiger partial charge in [-0.3, -0.25) is 0 Å². The Balaban J connectivity index is 3.18. The summed E-state index contributed by atoms with van der Waals surface area (Å²) in [6.45, 7) is 11.0. The lowest BCUT2D eigenvalue weighted by Crippen LogP contribution is -2.15. The molecule has 0 spiro atoms. The molecule has 16 heavy (non-hydrogen) atoms. The summed E-state index contributed by atoms with van der Waals surface area (Å²) in [7, 11) is 0. The van der Waals surface area contributed by atoms with Crippen LogP contribution in [0.15, 0.2) is 18.2 Å². The molecule has 0 aliphatic carbocycles. The van der Waals surface area contributed by atoms with E-state index in [0.717, 1.165) is 12.8 Å². The van der Waals surface area contributed by atoms with Gasteiger partial charge in [-0.2, -0.15) is 0 Å². The lowest BCUT2D eigenvalue weighted by atomic mass is 9.84. The van der Waals surface area contributed by atoms with Gasteiger partial charge in [0.1, 0.15) is 0 Å². The van der Waals surface area contributed by atoms with Gasteiger partial charge in [0, 0.05) is 0 Å². The van der Waals surface area contributed by atoms with Crippen molar-refractivity contribution in [2.24, 2.45) is 5.41 Å². The van der Waals surface area contributed by atoms with Gasteiger partial charge in [0.15, 0.2) is 0 Å². The average molecular weight is 239 g/mol. The first-order valence-corrected chi connectivity index (χ1v) is 6.59. The van der Waals surface area contributed by atoms with Crippen LogP contribution < -0.4 is 0 Å². The second-order valence-electron chi connectivity index (χ2n) is 5.47. The molecule has 0 aromatic heterocycles. The van der Waals surface area contributed by atoms with Gasteiger partial charge < -0.3 is 0 Å². The van der Waals surface area contributed by atoms with Crippen molar-refractivity contribution >= 4 is 11.6 Å². The van der Waals surface area contributed by atoms with Crippen molar-refractivity contribution in [3.05, 3.63) is 34.9 Å². The lowest BCUT2D eigenvalue weighted by molar-refractivity contribution is 0.394. The molecule has 0 radical (unpaired) electrons. The standard InChI is InChI=1S/C15H23Cl/c1-6-11-8-9-12(7-2)13(10-11)14(16)15(3,4)5/h8-10,14H,6-7H2,1-5H3. The van der Waals surface area contributed by atoms with Crippen LogP contribution in [0.25, 0.3) is 0 Å². The Bertz CT molecular complexity index is 347. The zero-order valence-corrected chi connectivity index (χ0v) is 11.9. The molecule has 0 saturated heterocycles. The third-order valence-corrected chi connectivity index (χ3v) is 3.92. The van der Waals surface area contributed by atoms with Gasteiger partial charge in [0.25, 0.3) is 0 Å². The highest BCUT2D eigenvalue weighted by molar-refractivity contribution is 6.21. The number of alkyl halides is 1. The highest BCUT2D eigenvalue weighted by Crippen LogP contribution is 2.40. The Kier molecular flexibility index (Phi) is 4.43. The fourth-order valence-corrected chi connectivity index (χ4v) is 2.09. The van der Waals surface area contributed by atoms with Crippen molar-refractivity contribution < 1.29 is 0 Å². The van der Waals surface area contributed by atoms with E-state index in [2.05, 4.69) is 52.8 Å². The molecule has 0 fully saturated rings. The molecule has 0 heterocycles.